The number of thiol groups is 1. The van der Waals surface area contributed by atoms with Crippen LogP contribution in [0.3, 0.4) is 0 Å². The highest BCUT2D eigenvalue weighted by molar-refractivity contribution is 7.80. The summed E-state index contributed by atoms with van der Waals surface area (Å²) in [5.74, 6) is 6.75. The number of benzene rings is 1. The molecule has 0 saturated heterocycles. The molecule has 0 N–H and O–H groups in total. The van der Waals surface area contributed by atoms with Crippen LogP contribution in [0.4, 0.5) is 5.69 Å². The molecule has 0 aliphatic heterocycles. The number of hydrogen-bond acceptors (Lipinski definition) is 4. The average molecular weight is 237 g/mol. The molecule has 0 radical (unpaired) electrons. The Labute approximate surface area is 99.2 Å². The molecule has 0 unspecified atom stereocenters. The molecule has 0 atom stereocenters. The highest BCUT2D eigenvalue weighted by Crippen LogP contribution is 2.22. The van der Waals surface area contributed by atoms with Gasteiger partial charge >= 0.3 is 0 Å². The van der Waals surface area contributed by atoms with Gasteiger partial charge in [0.05, 0.1) is 12.0 Å². The molecule has 4 nitrogen and oxygen atoms in total. The number of ether oxygens (including phenoxy) is 1. The van der Waals surface area contributed by atoms with Gasteiger partial charge in [-0.2, -0.15) is 12.6 Å². The number of nitro groups is 1. The summed E-state index contributed by atoms with van der Waals surface area (Å²) < 4.78 is 4.99. The largest absolute Gasteiger partial charge is 0.497 e. The van der Waals surface area contributed by atoms with E-state index in [4.69, 9.17) is 4.74 Å². The minimum Gasteiger partial charge on any atom is -0.497 e. The van der Waals surface area contributed by atoms with Crippen LogP contribution in [0.5, 0.6) is 5.75 Å². The second-order valence-corrected chi connectivity index (χ2v) is 3.36. The fraction of sp³-hybridized carbons (Fsp3) is 0.273. The average Bonchev–Trinajstić information content (AvgIpc) is 2.29. The van der Waals surface area contributed by atoms with E-state index in [1.807, 2.05) is 0 Å². The molecule has 0 aliphatic rings. The first kappa shape index (κ1) is 12.4. The van der Waals surface area contributed by atoms with E-state index in [9.17, 15) is 10.1 Å². The lowest BCUT2D eigenvalue weighted by Crippen LogP contribution is -1.93. The van der Waals surface area contributed by atoms with Crippen molar-refractivity contribution in [1.29, 1.82) is 0 Å². The number of hydrogen-bond donors (Lipinski definition) is 1. The van der Waals surface area contributed by atoms with Crippen molar-refractivity contribution in [3.63, 3.8) is 0 Å². The van der Waals surface area contributed by atoms with Gasteiger partial charge in [-0.15, -0.1) is 0 Å². The summed E-state index contributed by atoms with van der Waals surface area (Å²) in [7, 11) is 1.51. The lowest BCUT2D eigenvalue weighted by molar-refractivity contribution is -0.385. The normalized spacial score (nSPS) is 9.12. The summed E-state index contributed by atoms with van der Waals surface area (Å²) in [6.45, 7) is 0. The Morgan fingerprint density at radius 1 is 1.56 bits per heavy atom. The van der Waals surface area contributed by atoms with Crippen molar-refractivity contribution in [3.8, 4) is 17.6 Å². The van der Waals surface area contributed by atoms with E-state index >= 15 is 0 Å². The lowest BCUT2D eigenvalue weighted by atomic mass is 10.1. The first-order valence-electron chi connectivity index (χ1n) is 4.61. The second-order valence-electron chi connectivity index (χ2n) is 2.92. The van der Waals surface area contributed by atoms with E-state index in [2.05, 4.69) is 24.5 Å². The van der Waals surface area contributed by atoms with E-state index in [1.165, 1.54) is 13.2 Å². The second kappa shape index (κ2) is 6.03. The predicted molar refractivity (Wildman–Crippen MR) is 65.0 cm³/mol. The maximum absolute atomic E-state index is 10.7. The van der Waals surface area contributed by atoms with Gasteiger partial charge in [0.25, 0.3) is 5.69 Å². The van der Waals surface area contributed by atoms with Gasteiger partial charge < -0.3 is 4.74 Å². The molecular weight excluding hydrogens is 226 g/mol. The third-order valence-electron chi connectivity index (χ3n) is 1.86. The molecule has 84 valence electrons. The summed E-state index contributed by atoms with van der Waals surface area (Å²) in [6.07, 6.45) is 0.595. The van der Waals surface area contributed by atoms with E-state index in [1.54, 1.807) is 12.1 Å². The van der Waals surface area contributed by atoms with Crippen LogP contribution < -0.4 is 4.74 Å². The summed E-state index contributed by atoms with van der Waals surface area (Å²) in [6, 6.07) is 4.50. The Morgan fingerprint density at radius 3 is 2.88 bits per heavy atom. The highest BCUT2D eigenvalue weighted by Gasteiger charge is 2.12. The Bertz CT molecular complexity index is 448. The van der Waals surface area contributed by atoms with Crippen LogP contribution in [0, 0.1) is 22.0 Å². The zero-order chi connectivity index (χ0) is 12.0. The third kappa shape index (κ3) is 3.17. The Kier molecular flexibility index (Phi) is 4.67. The maximum Gasteiger partial charge on any atom is 0.285 e. The Balaban J connectivity index is 3.11. The molecular formula is C11H11NO3S. The van der Waals surface area contributed by atoms with Crippen LogP contribution in [0.1, 0.15) is 12.0 Å². The van der Waals surface area contributed by atoms with Crippen molar-refractivity contribution in [3.05, 3.63) is 33.9 Å². The molecule has 0 amide bonds. The van der Waals surface area contributed by atoms with Crippen molar-refractivity contribution >= 4 is 18.3 Å². The molecule has 5 heteroatoms. The summed E-state index contributed by atoms with van der Waals surface area (Å²) >= 11 is 4.01. The number of rotatable bonds is 3. The predicted octanol–water partition coefficient (Wildman–Crippen LogP) is 2.27. The molecule has 1 aromatic carbocycles. The highest BCUT2D eigenvalue weighted by atomic mass is 32.1. The molecule has 0 bridgehead atoms. The molecule has 1 rings (SSSR count). The summed E-state index contributed by atoms with van der Waals surface area (Å²) in [5.41, 5.74) is 0.360. The van der Waals surface area contributed by atoms with Crippen molar-refractivity contribution in [1.82, 2.24) is 0 Å². The van der Waals surface area contributed by atoms with E-state index < -0.39 is 4.92 Å². The van der Waals surface area contributed by atoms with Gasteiger partial charge in [-0.3, -0.25) is 10.1 Å². The molecule has 1 aromatic rings. The van der Waals surface area contributed by atoms with Gasteiger partial charge in [0.2, 0.25) is 0 Å². The summed E-state index contributed by atoms with van der Waals surface area (Å²) in [4.78, 5) is 10.3. The van der Waals surface area contributed by atoms with E-state index in [0.717, 1.165) is 0 Å². The topological polar surface area (TPSA) is 52.4 Å². The minimum absolute atomic E-state index is 0.00698. The van der Waals surface area contributed by atoms with Gasteiger partial charge in [0, 0.05) is 24.3 Å². The minimum atomic E-state index is -0.454. The molecule has 0 spiro atoms. The van der Waals surface area contributed by atoms with Crippen molar-refractivity contribution < 1.29 is 9.66 Å². The van der Waals surface area contributed by atoms with Crippen LogP contribution in [0.15, 0.2) is 18.2 Å². The van der Waals surface area contributed by atoms with E-state index in [-0.39, 0.29) is 5.69 Å². The Morgan fingerprint density at radius 2 is 2.31 bits per heavy atom. The van der Waals surface area contributed by atoms with E-state index in [0.29, 0.717) is 23.5 Å². The Hall–Kier alpha value is -1.67. The fourth-order valence-corrected chi connectivity index (χ4v) is 1.23. The smallest absolute Gasteiger partial charge is 0.285 e. The van der Waals surface area contributed by atoms with Crippen LogP contribution in [-0.4, -0.2) is 17.8 Å². The van der Waals surface area contributed by atoms with Gasteiger partial charge in [0.1, 0.15) is 11.3 Å². The standard InChI is InChI=1S/C11H11NO3S/c1-15-10-5-6-11(12(13)14)9(8-10)4-2-3-7-16/h5-6,8,16H,3,7H2,1H3. The third-order valence-corrected chi connectivity index (χ3v) is 2.08. The van der Waals surface area contributed by atoms with Gasteiger partial charge in [0.15, 0.2) is 0 Å². The van der Waals surface area contributed by atoms with Crippen LogP contribution >= 0.6 is 12.6 Å². The van der Waals surface area contributed by atoms with Crippen molar-refractivity contribution in [2.75, 3.05) is 12.9 Å². The number of nitrogens with zero attached hydrogens (tertiary/aromatic N) is 1. The van der Waals surface area contributed by atoms with Crippen LogP contribution in [-0.2, 0) is 0 Å². The number of nitro benzene ring substituents is 1. The van der Waals surface area contributed by atoms with Crippen molar-refractivity contribution in [2.45, 2.75) is 6.42 Å². The quantitative estimate of drug-likeness (QED) is 0.380. The zero-order valence-corrected chi connectivity index (χ0v) is 9.66. The molecule has 0 aromatic heterocycles. The molecule has 0 heterocycles. The fourth-order valence-electron chi connectivity index (χ4n) is 1.12. The zero-order valence-electron chi connectivity index (χ0n) is 8.77. The monoisotopic (exact) mass is 237 g/mol. The number of methoxy groups -OCH3 is 1. The maximum atomic E-state index is 10.7. The van der Waals surface area contributed by atoms with Crippen LogP contribution in [0.2, 0.25) is 0 Å². The molecule has 0 fully saturated rings. The SMILES string of the molecule is COc1ccc([N+](=O)[O-])c(C#CCCS)c1. The van der Waals surface area contributed by atoms with Crippen molar-refractivity contribution in [2.24, 2.45) is 0 Å². The summed E-state index contributed by atoms with van der Waals surface area (Å²) in [5, 5.41) is 10.7. The molecule has 0 saturated carbocycles. The van der Waals surface area contributed by atoms with Crippen LogP contribution in [0.25, 0.3) is 0 Å². The first-order valence-corrected chi connectivity index (χ1v) is 5.24. The van der Waals surface area contributed by atoms with Gasteiger partial charge in [-0.25, -0.2) is 0 Å². The van der Waals surface area contributed by atoms with Gasteiger partial charge in [-0.05, 0) is 6.07 Å². The van der Waals surface area contributed by atoms with Gasteiger partial charge in [-0.1, -0.05) is 11.8 Å². The first-order chi connectivity index (χ1) is 7.69. The molecule has 0 aliphatic carbocycles. The molecule has 16 heavy (non-hydrogen) atoms. The lowest BCUT2D eigenvalue weighted by Gasteiger charge is -2.00.